The summed E-state index contributed by atoms with van der Waals surface area (Å²) in [5.41, 5.74) is 4.81. The summed E-state index contributed by atoms with van der Waals surface area (Å²) >= 11 is 0. The number of aromatic hydroxyl groups is 1. The van der Waals surface area contributed by atoms with Gasteiger partial charge in [-0.15, -0.1) is 0 Å². The number of hydrogen-bond acceptors (Lipinski definition) is 10. The number of anilines is 2. The summed E-state index contributed by atoms with van der Waals surface area (Å²) in [4.78, 5) is 34.4. The first-order valence-electron chi connectivity index (χ1n) is 7.50. The second-order valence-electron chi connectivity index (χ2n) is 5.78. The van der Waals surface area contributed by atoms with Crippen molar-refractivity contribution in [1.29, 1.82) is 0 Å². The van der Waals surface area contributed by atoms with E-state index in [0.717, 1.165) is 0 Å². The van der Waals surface area contributed by atoms with E-state index in [1.54, 1.807) is 4.57 Å². The van der Waals surface area contributed by atoms with Crippen molar-refractivity contribution in [2.24, 2.45) is 0 Å². The van der Waals surface area contributed by atoms with Crippen LogP contribution in [0.2, 0.25) is 0 Å². The first-order valence-corrected chi connectivity index (χ1v) is 7.50. The normalized spacial score (nSPS) is 23.5. The second-order valence-corrected chi connectivity index (χ2v) is 5.78. The smallest absolute Gasteiger partial charge is 0.271 e. The van der Waals surface area contributed by atoms with Crippen LogP contribution in [-0.2, 0) is 4.74 Å². The molecule has 25 heavy (non-hydrogen) atoms. The molecule has 0 amide bonds. The van der Waals surface area contributed by atoms with E-state index in [-0.39, 0.29) is 24.5 Å². The van der Waals surface area contributed by atoms with Crippen LogP contribution >= 0.6 is 0 Å². The van der Waals surface area contributed by atoms with Gasteiger partial charge in [0.1, 0.15) is 29.9 Å². The summed E-state index contributed by atoms with van der Waals surface area (Å²) in [6.45, 7) is 0.0554. The lowest BCUT2D eigenvalue weighted by atomic mass is 10.1. The molecule has 11 heteroatoms. The number of rotatable bonds is 4. The number of nitrogen functional groups attached to an aromatic ring is 1. The Morgan fingerprint density at radius 2 is 2.12 bits per heavy atom. The van der Waals surface area contributed by atoms with Gasteiger partial charge < -0.3 is 26.0 Å². The van der Waals surface area contributed by atoms with E-state index >= 15 is 0 Å². The predicted octanol–water partition coefficient (Wildman–Crippen LogP) is -1.53. The lowest BCUT2D eigenvalue weighted by Crippen LogP contribution is -2.37. The molecule has 0 radical (unpaired) electrons. The number of imidazole rings is 1. The molecule has 0 spiro atoms. The largest absolute Gasteiger partial charge is 0.502 e. The SMILES string of the molecule is Nc1ncnc2c1ncn2[C@H]1C[C@H](O)[C@@H](CNc2c(O)c(=O)c2=O)O1. The number of aliphatic hydroxyl groups is 1. The third-order valence-electron chi connectivity index (χ3n) is 4.27. The Kier molecular flexibility index (Phi) is 3.40. The molecule has 130 valence electrons. The predicted molar refractivity (Wildman–Crippen MR) is 85.8 cm³/mol. The maximum atomic E-state index is 11.3. The third-order valence-corrected chi connectivity index (χ3v) is 4.27. The van der Waals surface area contributed by atoms with Gasteiger partial charge in [-0.25, -0.2) is 15.0 Å². The van der Waals surface area contributed by atoms with Crippen molar-refractivity contribution in [1.82, 2.24) is 19.5 Å². The van der Waals surface area contributed by atoms with E-state index in [2.05, 4.69) is 20.3 Å². The number of nitrogens with two attached hydrogens (primary N) is 1. The first-order chi connectivity index (χ1) is 12.0. The van der Waals surface area contributed by atoms with Crippen molar-refractivity contribution in [2.45, 2.75) is 24.9 Å². The molecule has 1 aliphatic heterocycles. The highest BCUT2D eigenvalue weighted by molar-refractivity contribution is 5.81. The fourth-order valence-corrected chi connectivity index (χ4v) is 2.90. The highest BCUT2D eigenvalue weighted by Crippen LogP contribution is 2.31. The molecule has 2 aromatic heterocycles. The van der Waals surface area contributed by atoms with Crippen LogP contribution < -0.4 is 21.9 Å². The highest BCUT2D eigenvalue weighted by Gasteiger charge is 2.36. The van der Waals surface area contributed by atoms with Crippen LogP contribution in [0.4, 0.5) is 11.5 Å². The fourth-order valence-electron chi connectivity index (χ4n) is 2.90. The Morgan fingerprint density at radius 1 is 1.32 bits per heavy atom. The van der Waals surface area contributed by atoms with Crippen LogP contribution in [0.25, 0.3) is 11.2 Å². The Balaban J connectivity index is 1.50. The summed E-state index contributed by atoms with van der Waals surface area (Å²) in [7, 11) is 0. The Morgan fingerprint density at radius 3 is 2.88 bits per heavy atom. The summed E-state index contributed by atoms with van der Waals surface area (Å²) in [6.07, 6.45) is 1.11. The molecule has 0 bridgehead atoms. The van der Waals surface area contributed by atoms with E-state index in [9.17, 15) is 19.8 Å². The van der Waals surface area contributed by atoms with Crippen molar-refractivity contribution in [3.8, 4) is 5.75 Å². The topological polar surface area (TPSA) is 165 Å². The zero-order valence-corrected chi connectivity index (χ0v) is 12.8. The zero-order valence-electron chi connectivity index (χ0n) is 12.8. The number of aromatic nitrogens is 4. The van der Waals surface area contributed by atoms with Gasteiger partial charge in [0.05, 0.1) is 12.4 Å². The number of nitrogens with one attached hydrogen (secondary N) is 1. The summed E-state index contributed by atoms with van der Waals surface area (Å²) in [5, 5.41) is 22.2. The molecule has 3 heterocycles. The molecule has 0 unspecified atom stereocenters. The standard InChI is InChI=1S/C14H14N6O5/c15-13-9-14(18-3-17-13)20(4-19-9)7-1-5(21)6(25-7)2-16-8-10(22)12(24)11(8)23/h3-7,16,21-22H,1-2H2,(H2,15,17,18)/t5-,6+,7+/m0/s1. The highest BCUT2D eigenvalue weighted by atomic mass is 16.5. The summed E-state index contributed by atoms with van der Waals surface area (Å²) in [6, 6.07) is 0. The monoisotopic (exact) mass is 346 g/mol. The molecular formula is C14H14N6O5. The second kappa shape index (κ2) is 5.50. The van der Waals surface area contributed by atoms with Crippen LogP contribution in [0.3, 0.4) is 0 Å². The number of nitrogens with zero attached hydrogens (tertiary/aromatic N) is 4. The van der Waals surface area contributed by atoms with Crippen molar-refractivity contribution in [2.75, 3.05) is 17.6 Å². The van der Waals surface area contributed by atoms with Gasteiger partial charge in [-0.05, 0) is 0 Å². The van der Waals surface area contributed by atoms with Gasteiger partial charge in [-0.3, -0.25) is 14.2 Å². The van der Waals surface area contributed by atoms with E-state index in [1.165, 1.54) is 12.7 Å². The molecule has 3 aromatic rings. The van der Waals surface area contributed by atoms with Gasteiger partial charge in [-0.2, -0.15) is 0 Å². The fraction of sp³-hybridized carbons (Fsp3) is 0.357. The van der Waals surface area contributed by atoms with Gasteiger partial charge >= 0.3 is 0 Å². The maximum Gasteiger partial charge on any atom is 0.271 e. The summed E-state index contributed by atoms with van der Waals surface area (Å²) in [5.74, 6) is -0.349. The van der Waals surface area contributed by atoms with Gasteiger partial charge in [0.25, 0.3) is 10.9 Å². The Bertz CT molecular complexity index is 1020. The number of aliphatic hydroxyl groups excluding tert-OH is 1. The minimum Gasteiger partial charge on any atom is -0.502 e. The van der Waals surface area contributed by atoms with Gasteiger partial charge in [0.15, 0.2) is 17.2 Å². The lowest BCUT2D eigenvalue weighted by Gasteiger charge is -2.17. The number of hydrogen-bond donors (Lipinski definition) is 4. The first kappa shape index (κ1) is 15.5. The molecule has 0 aliphatic carbocycles. The van der Waals surface area contributed by atoms with Crippen LogP contribution in [0, 0.1) is 0 Å². The minimum atomic E-state index is -0.921. The van der Waals surface area contributed by atoms with Gasteiger partial charge in [0, 0.05) is 13.0 Å². The molecule has 1 saturated heterocycles. The zero-order chi connectivity index (χ0) is 17.7. The molecule has 1 fully saturated rings. The molecule has 1 aliphatic rings. The Labute approximate surface area is 139 Å². The molecule has 11 nitrogen and oxygen atoms in total. The Hall–Kier alpha value is -3.05. The molecule has 1 aromatic carbocycles. The van der Waals surface area contributed by atoms with Crippen LogP contribution in [-0.4, -0.2) is 48.5 Å². The number of ether oxygens (including phenoxy) is 1. The number of fused-ring (bicyclic) bond motifs is 1. The minimum absolute atomic E-state index is 0.0554. The van der Waals surface area contributed by atoms with Gasteiger partial charge in [0.2, 0.25) is 0 Å². The van der Waals surface area contributed by atoms with Crippen LogP contribution in [0.5, 0.6) is 5.75 Å². The van der Waals surface area contributed by atoms with E-state index in [0.29, 0.717) is 11.2 Å². The third kappa shape index (κ3) is 2.32. The van der Waals surface area contributed by atoms with Crippen LogP contribution in [0.1, 0.15) is 12.6 Å². The van der Waals surface area contributed by atoms with Crippen molar-refractivity contribution in [3.05, 3.63) is 33.1 Å². The van der Waals surface area contributed by atoms with Crippen molar-refractivity contribution in [3.63, 3.8) is 0 Å². The average Bonchev–Trinajstić information content (AvgIpc) is 3.19. The quantitative estimate of drug-likeness (QED) is 0.407. The van der Waals surface area contributed by atoms with E-state index < -0.39 is 35.0 Å². The average molecular weight is 346 g/mol. The maximum absolute atomic E-state index is 11.3. The molecule has 0 saturated carbocycles. The molecule has 4 rings (SSSR count). The molecule has 5 N–H and O–H groups in total. The van der Waals surface area contributed by atoms with Crippen LogP contribution in [0.15, 0.2) is 22.2 Å². The summed E-state index contributed by atoms with van der Waals surface area (Å²) < 4.78 is 7.44. The van der Waals surface area contributed by atoms with Gasteiger partial charge in [-0.1, -0.05) is 0 Å². The van der Waals surface area contributed by atoms with Crippen molar-refractivity contribution >= 4 is 22.7 Å². The van der Waals surface area contributed by atoms with Crippen molar-refractivity contribution < 1.29 is 14.9 Å². The van der Waals surface area contributed by atoms with E-state index in [4.69, 9.17) is 10.5 Å². The van der Waals surface area contributed by atoms with E-state index in [1.807, 2.05) is 0 Å². The molecule has 3 atom stereocenters. The lowest BCUT2D eigenvalue weighted by molar-refractivity contribution is -0.00939. The molecular weight excluding hydrogens is 332 g/mol.